The molecule has 3 heteroatoms. The molecule has 1 atom stereocenters. The molecule has 0 amide bonds. The van der Waals surface area contributed by atoms with Gasteiger partial charge >= 0.3 is 0 Å². The van der Waals surface area contributed by atoms with Gasteiger partial charge < -0.3 is 4.42 Å². The summed E-state index contributed by atoms with van der Waals surface area (Å²) in [5.41, 5.74) is 2.73. The summed E-state index contributed by atoms with van der Waals surface area (Å²) < 4.78 is 5.17. The second kappa shape index (κ2) is 4.16. The average molecular weight is 154 g/mol. The van der Waals surface area contributed by atoms with Gasteiger partial charge in [-0.15, -0.1) is 0 Å². The first kappa shape index (κ1) is 8.30. The fourth-order valence-corrected chi connectivity index (χ4v) is 0.993. The van der Waals surface area contributed by atoms with Crippen molar-refractivity contribution in [1.29, 1.82) is 0 Å². The third-order valence-electron chi connectivity index (χ3n) is 1.76. The van der Waals surface area contributed by atoms with Crippen LogP contribution in [0.3, 0.4) is 0 Å². The number of hydrogen-bond donors (Lipinski definition) is 2. The van der Waals surface area contributed by atoms with Crippen LogP contribution in [0, 0.1) is 0 Å². The molecule has 0 saturated carbocycles. The van der Waals surface area contributed by atoms with Crippen LogP contribution in [0.15, 0.2) is 22.8 Å². The minimum atomic E-state index is 0.321. The second-order valence-corrected chi connectivity index (χ2v) is 2.56. The molecule has 0 bridgehead atoms. The lowest BCUT2D eigenvalue weighted by atomic mass is 10.1. The maximum absolute atomic E-state index is 5.31. The summed E-state index contributed by atoms with van der Waals surface area (Å²) >= 11 is 0. The summed E-state index contributed by atoms with van der Waals surface area (Å²) in [6.07, 6.45) is 3.55. The lowest BCUT2D eigenvalue weighted by Crippen LogP contribution is -2.35. The van der Waals surface area contributed by atoms with E-state index in [1.807, 2.05) is 12.1 Å². The lowest BCUT2D eigenvalue weighted by molar-refractivity contribution is 0.439. The van der Waals surface area contributed by atoms with Gasteiger partial charge in [0.25, 0.3) is 0 Å². The van der Waals surface area contributed by atoms with E-state index in [1.54, 1.807) is 6.26 Å². The summed E-state index contributed by atoms with van der Waals surface area (Å²) in [6.45, 7) is 2.09. The quantitative estimate of drug-likeness (QED) is 0.503. The monoisotopic (exact) mass is 154 g/mol. The summed E-state index contributed by atoms with van der Waals surface area (Å²) in [4.78, 5) is 0. The molecule has 0 radical (unpaired) electrons. The Balaban J connectivity index is 2.41. The Kier molecular flexibility index (Phi) is 3.14. The number of hydrazine groups is 1. The van der Waals surface area contributed by atoms with Gasteiger partial charge in [0.05, 0.1) is 6.26 Å². The zero-order valence-electron chi connectivity index (χ0n) is 6.71. The molecule has 3 nitrogen and oxygen atoms in total. The molecule has 62 valence electrons. The summed E-state index contributed by atoms with van der Waals surface area (Å²) in [5, 5.41) is 0. The van der Waals surface area contributed by atoms with E-state index in [-0.39, 0.29) is 0 Å². The topological polar surface area (TPSA) is 51.2 Å². The van der Waals surface area contributed by atoms with E-state index in [4.69, 9.17) is 10.3 Å². The van der Waals surface area contributed by atoms with E-state index < -0.39 is 0 Å². The van der Waals surface area contributed by atoms with E-state index >= 15 is 0 Å². The summed E-state index contributed by atoms with van der Waals surface area (Å²) in [5.74, 6) is 6.29. The third-order valence-corrected chi connectivity index (χ3v) is 1.76. The van der Waals surface area contributed by atoms with Crippen molar-refractivity contribution in [1.82, 2.24) is 5.43 Å². The lowest BCUT2D eigenvalue weighted by Gasteiger charge is -2.10. The molecule has 1 rings (SSSR count). The number of furan rings is 1. The smallest absolute Gasteiger partial charge is 0.105 e. The fourth-order valence-electron chi connectivity index (χ4n) is 0.993. The van der Waals surface area contributed by atoms with E-state index in [1.165, 1.54) is 0 Å². The van der Waals surface area contributed by atoms with Crippen LogP contribution in [-0.4, -0.2) is 6.04 Å². The molecule has 11 heavy (non-hydrogen) atoms. The number of nitrogens with two attached hydrogens (primary N) is 1. The van der Waals surface area contributed by atoms with Gasteiger partial charge in [-0.3, -0.25) is 11.3 Å². The van der Waals surface area contributed by atoms with Crippen LogP contribution in [0.1, 0.15) is 19.1 Å². The van der Waals surface area contributed by atoms with Gasteiger partial charge in [-0.05, 0) is 18.6 Å². The van der Waals surface area contributed by atoms with E-state index in [0.29, 0.717) is 6.04 Å². The maximum Gasteiger partial charge on any atom is 0.105 e. The number of nitrogens with one attached hydrogen (secondary N) is 1. The van der Waals surface area contributed by atoms with Crippen LogP contribution in [0.5, 0.6) is 0 Å². The van der Waals surface area contributed by atoms with Crippen molar-refractivity contribution in [3.05, 3.63) is 24.2 Å². The van der Waals surface area contributed by atoms with Gasteiger partial charge in [0, 0.05) is 12.5 Å². The first-order valence-corrected chi connectivity index (χ1v) is 3.85. The molecule has 0 aliphatic heterocycles. The maximum atomic E-state index is 5.31. The van der Waals surface area contributed by atoms with E-state index in [0.717, 1.165) is 18.6 Å². The van der Waals surface area contributed by atoms with Crippen molar-refractivity contribution >= 4 is 0 Å². The van der Waals surface area contributed by atoms with Gasteiger partial charge in [-0.1, -0.05) is 6.92 Å². The van der Waals surface area contributed by atoms with Crippen LogP contribution >= 0.6 is 0 Å². The molecule has 0 aromatic carbocycles. The molecule has 1 unspecified atom stereocenters. The molecule has 3 N–H and O–H groups in total. The van der Waals surface area contributed by atoms with E-state index in [2.05, 4.69) is 12.3 Å². The van der Waals surface area contributed by atoms with Gasteiger partial charge in [-0.2, -0.15) is 0 Å². The molecule has 1 aromatic heterocycles. The standard InChI is InChI=1S/C8H14N2O/c1-2-7(10-9)6-8-4-3-5-11-8/h3-5,7,10H,2,6,9H2,1H3. The van der Waals surface area contributed by atoms with Crippen LogP contribution < -0.4 is 11.3 Å². The zero-order chi connectivity index (χ0) is 8.10. The van der Waals surface area contributed by atoms with Crippen LogP contribution in [0.2, 0.25) is 0 Å². The molecule has 0 aliphatic carbocycles. The fraction of sp³-hybridized carbons (Fsp3) is 0.500. The first-order chi connectivity index (χ1) is 5.36. The minimum absolute atomic E-state index is 0.321. The molecule has 0 saturated heterocycles. The summed E-state index contributed by atoms with van der Waals surface area (Å²) in [6, 6.07) is 4.17. The zero-order valence-corrected chi connectivity index (χ0v) is 6.71. The highest BCUT2D eigenvalue weighted by Crippen LogP contribution is 2.05. The number of hydrogen-bond acceptors (Lipinski definition) is 3. The number of rotatable bonds is 4. The molecule has 0 fully saturated rings. The third kappa shape index (κ3) is 2.37. The van der Waals surface area contributed by atoms with E-state index in [9.17, 15) is 0 Å². The first-order valence-electron chi connectivity index (χ1n) is 3.85. The molecular formula is C8H14N2O. The van der Waals surface area contributed by atoms with Crippen molar-refractivity contribution in [3.63, 3.8) is 0 Å². The Morgan fingerprint density at radius 2 is 2.55 bits per heavy atom. The predicted octanol–water partition coefficient (Wildman–Crippen LogP) is 1.06. The van der Waals surface area contributed by atoms with Gasteiger partial charge in [0.1, 0.15) is 5.76 Å². The average Bonchev–Trinajstić information content (AvgIpc) is 2.52. The van der Waals surface area contributed by atoms with Crippen LogP contribution in [0.25, 0.3) is 0 Å². The van der Waals surface area contributed by atoms with Crippen molar-refractivity contribution in [3.8, 4) is 0 Å². The Hall–Kier alpha value is -0.800. The highest BCUT2D eigenvalue weighted by Gasteiger charge is 2.05. The van der Waals surface area contributed by atoms with Crippen molar-refractivity contribution in [2.45, 2.75) is 25.8 Å². The SMILES string of the molecule is CCC(Cc1ccco1)NN. The molecule has 0 spiro atoms. The molecule has 1 heterocycles. The molecular weight excluding hydrogens is 140 g/mol. The van der Waals surface area contributed by atoms with Crippen molar-refractivity contribution < 1.29 is 4.42 Å². The molecule has 1 aromatic rings. The van der Waals surface area contributed by atoms with Crippen molar-refractivity contribution in [2.75, 3.05) is 0 Å². The minimum Gasteiger partial charge on any atom is -0.469 e. The van der Waals surface area contributed by atoms with Gasteiger partial charge in [-0.25, -0.2) is 0 Å². The van der Waals surface area contributed by atoms with Gasteiger partial charge in [0.15, 0.2) is 0 Å². The Labute approximate surface area is 66.5 Å². The van der Waals surface area contributed by atoms with Crippen LogP contribution in [0.4, 0.5) is 0 Å². The normalized spacial score (nSPS) is 13.3. The Bertz CT molecular complexity index is 180. The van der Waals surface area contributed by atoms with Gasteiger partial charge in [0.2, 0.25) is 0 Å². The predicted molar refractivity (Wildman–Crippen MR) is 43.8 cm³/mol. The summed E-state index contributed by atoms with van der Waals surface area (Å²) in [7, 11) is 0. The Morgan fingerprint density at radius 1 is 1.73 bits per heavy atom. The molecule has 0 aliphatic rings. The second-order valence-electron chi connectivity index (χ2n) is 2.56. The largest absolute Gasteiger partial charge is 0.469 e. The highest BCUT2D eigenvalue weighted by atomic mass is 16.3. The van der Waals surface area contributed by atoms with Crippen LogP contribution in [-0.2, 0) is 6.42 Å². The van der Waals surface area contributed by atoms with Crippen molar-refractivity contribution in [2.24, 2.45) is 5.84 Å². The highest BCUT2D eigenvalue weighted by molar-refractivity contribution is 5.00. The Morgan fingerprint density at radius 3 is 3.00 bits per heavy atom.